The zero-order valence-corrected chi connectivity index (χ0v) is 19.5. The number of carbonyl (C=O) groups is 1. The highest BCUT2D eigenvalue weighted by Gasteiger charge is 2.22. The first kappa shape index (κ1) is 22.8. The highest BCUT2D eigenvalue weighted by molar-refractivity contribution is 7.14. The number of thiazole rings is 1. The fourth-order valence-electron chi connectivity index (χ4n) is 3.97. The Labute approximate surface area is 197 Å². The second-order valence-electron chi connectivity index (χ2n) is 8.18. The maximum atomic E-state index is 12.8. The van der Waals surface area contributed by atoms with Gasteiger partial charge in [0.25, 0.3) is 5.91 Å². The predicted octanol–water partition coefficient (Wildman–Crippen LogP) is 3.69. The number of hydrogen-bond donors (Lipinski definition) is 1. The second-order valence-corrected chi connectivity index (χ2v) is 9.03. The van der Waals surface area contributed by atoms with Gasteiger partial charge in [0, 0.05) is 49.5 Å². The van der Waals surface area contributed by atoms with Crippen molar-refractivity contribution in [2.24, 2.45) is 0 Å². The Balaban J connectivity index is 1.36. The molecule has 0 saturated carbocycles. The first-order valence-corrected chi connectivity index (χ1v) is 11.9. The second kappa shape index (κ2) is 11.0. The van der Waals surface area contributed by atoms with Crippen LogP contribution in [0.25, 0.3) is 0 Å². The van der Waals surface area contributed by atoms with Crippen molar-refractivity contribution < 1.29 is 4.79 Å². The Morgan fingerprint density at radius 2 is 2.15 bits per heavy atom. The molecule has 0 spiro atoms. The number of rotatable bonds is 8. The molecule has 3 aromatic heterocycles. The van der Waals surface area contributed by atoms with E-state index in [0.29, 0.717) is 35.7 Å². The summed E-state index contributed by atoms with van der Waals surface area (Å²) >= 11 is 1.39. The van der Waals surface area contributed by atoms with Crippen molar-refractivity contribution >= 4 is 28.2 Å². The minimum atomic E-state index is -0.102. The summed E-state index contributed by atoms with van der Waals surface area (Å²) in [4.78, 5) is 29.9. The molecule has 9 heteroatoms. The largest absolute Gasteiger partial charge is 0.340 e. The number of aromatic nitrogens is 3. The van der Waals surface area contributed by atoms with Gasteiger partial charge in [0.15, 0.2) is 5.13 Å². The van der Waals surface area contributed by atoms with Crippen LogP contribution in [0.3, 0.4) is 0 Å². The Kier molecular flexibility index (Phi) is 7.60. The van der Waals surface area contributed by atoms with Gasteiger partial charge >= 0.3 is 0 Å². The molecule has 0 bridgehead atoms. The molecule has 1 aliphatic rings. The van der Waals surface area contributed by atoms with E-state index in [4.69, 9.17) is 10.2 Å². The van der Waals surface area contributed by atoms with Gasteiger partial charge in [-0.05, 0) is 55.6 Å². The van der Waals surface area contributed by atoms with Crippen molar-refractivity contribution in [1.29, 1.82) is 5.26 Å². The van der Waals surface area contributed by atoms with E-state index in [2.05, 4.69) is 26.3 Å². The summed E-state index contributed by atoms with van der Waals surface area (Å²) in [5.74, 6) is 0.926. The molecule has 1 amide bonds. The van der Waals surface area contributed by atoms with E-state index in [-0.39, 0.29) is 5.91 Å². The highest BCUT2D eigenvalue weighted by Crippen LogP contribution is 2.27. The standard InChI is InChI=1S/C24H27N7OS/c1-30(14-9-18-7-11-26-12-8-18)23(32)21-17-33-24(28-21)29-22-6-2-5-20(27-22)19-4-3-13-31(16-19)15-10-25/h2,5-8,11-12,17,19H,3-4,9,13-16H2,1H3,(H,27,28,29)/t19-/m1/s1. The van der Waals surface area contributed by atoms with Gasteiger partial charge in [0.05, 0.1) is 12.6 Å². The minimum absolute atomic E-state index is 0.102. The minimum Gasteiger partial charge on any atom is -0.340 e. The molecule has 0 aromatic carbocycles. The molecule has 3 aromatic rings. The van der Waals surface area contributed by atoms with Crippen LogP contribution >= 0.6 is 11.3 Å². The molecule has 1 atom stereocenters. The zero-order valence-electron chi connectivity index (χ0n) is 18.6. The third-order valence-electron chi connectivity index (χ3n) is 5.78. The number of nitrogens with one attached hydrogen (secondary N) is 1. The van der Waals surface area contributed by atoms with Gasteiger partial charge in [-0.3, -0.25) is 14.7 Å². The fourth-order valence-corrected chi connectivity index (χ4v) is 4.66. The van der Waals surface area contributed by atoms with Gasteiger partial charge in [-0.25, -0.2) is 9.97 Å². The van der Waals surface area contributed by atoms with Gasteiger partial charge < -0.3 is 10.2 Å². The molecule has 1 aliphatic heterocycles. The van der Waals surface area contributed by atoms with E-state index in [0.717, 1.165) is 43.6 Å². The van der Waals surface area contributed by atoms with Crippen molar-refractivity contribution in [2.45, 2.75) is 25.2 Å². The van der Waals surface area contributed by atoms with Crippen LogP contribution in [0.5, 0.6) is 0 Å². The molecule has 1 fully saturated rings. The number of nitriles is 1. The highest BCUT2D eigenvalue weighted by atomic mass is 32.1. The van der Waals surface area contributed by atoms with Crippen molar-refractivity contribution in [3.05, 3.63) is 65.1 Å². The van der Waals surface area contributed by atoms with Gasteiger partial charge in [-0.2, -0.15) is 5.26 Å². The third kappa shape index (κ3) is 6.12. The molecular formula is C24H27N7OS. The van der Waals surface area contributed by atoms with Crippen LogP contribution in [0.4, 0.5) is 10.9 Å². The first-order chi connectivity index (χ1) is 16.1. The predicted molar refractivity (Wildman–Crippen MR) is 129 cm³/mol. The Morgan fingerprint density at radius 1 is 1.30 bits per heavy atom. The molecule has 1 saturated heterocycles. The summed E-state index contributed by atoms with van der Waals surface area (Å²) in [7, 11) is 1.79. The lowest BCUT2D eigenvalue weighted by atomic mass is 9.94. The number of anilines is 2. The maximum Gasteiger partial charge on any atom is 0.273 e. The normalized spacial score (nSPS) is 16.2. The lowest BCUT2D eigenvalue weighted by Crippen LogP contribution is -2.34. The molecule has 0 unspecified atom stereocenters. The number of amides is 1. The van der Waals surface area contributed by atoms with Crippen LogP contribution in [0.1, 0.15) is 40.5 Å². The Morgan fingerprint density at radius 3 is 2.97 bits per heavy atom. The number of pyridine rings is 2. The smallest absolute Gasteiger partial charge is 0.273 e. The molecule has 4 rings (SSSR count). The lowest BCUT2D eigenvalue weighted by molar-refractivity contribution is 0.0792. The number of piperidine rings is 1. The van der Waals surface area contributed by atoms with E-state index in [1.165, 1.54) is 11.3 Å². The molecule has 0 aliphatic carbocycles. The van der Waals surface area contributed by atoms with E-state index in [9.17, 15) is 4.79 Å². The van der Waals surface area contributed by atoms with Crippen molar-refractivity contribution in [2.75, 3.05) is 38.5 Å². The maximum absolute atomic E-state index is 12.8. The van der Waals surface area contributed by atoms with Crippen LogP contribution in [0.15, 0.2) is 48.1 Å². The van der Waals surface area contributed by atoms with E-state index in [1.807, 2.05) is 30.3 Å². The summed E-state index contributed by atoms with van der Waals surface area (Å²) < 4.78 is 0. The van der Waals surface area contributed by atoms with Crippen LogP contribution in [0, 0.1) is 11.3 Å². The summed E-state index contributed by atoms with van der Waals surface area (Å²) in [5.41, 5.74) is 2.59. The number of hydrogen-bond acceptors (Lipinski definition) is 8. The number of carbonyl (C=O) groups excluding carboxylic acids is 1. The van der Waals surface area contributed by atoms with Crippen LogP contribution < -0.4 is 5.32 Å². The summed E-state index contributed by atoms with van der Waals surface area (Å²) in [6, 6.07) is 12.1. The van der Waals surface area contributed by atoms with Crippen molar-refractivity contribution in [1.82, 2.24) is 24.8 Å². The average molecular weight is 462 g/mol. The molecule has 1 N–H and O–H groups in total. The van der Waals surface area contributed by atoms with Crippen molar-refractivity contribution in [3.8, 4) is 6.07 Å². The van der Waals surface area contributed by atoms with Crippen LogP contribution in [-0.2, 0) is 6.42 Å². The monoisotopic (exact) mass is 461 g/mol. The molecule has 0 radical (unpaired) electrons. The summed E-state index contributed by atoms with van der Waals surface area (Å²) in [6.07, 6.45) is 6.42. The number of likely N-dealkylation sites (N-methyl/N-ethyl adjacent to an activating group) is 1. The first-order valence-electron chi connectivity index (χ1n) is 11.1. The van der Waals surface area contributed by atoms with E-state index < -0.39 is 0 Å². The molecule has 8 nitrogen and oxygen atoms in total. The molecule has 170 valence electrons. The van der Waals surface area contributed by atoms with Crippen LogP contribution in [0.2, 0.25) is 0 Å². The van der Waals surface area contributed by atoms with Crippen molar-refractivity contribution in [3.63, 3.8) is 0 Å². The van der Waals surface area contributed by atoms with Gasteiger partial charge in [0.1, 0.15) is 11.5 Å². The number of likely N-dealkylation sites (tertiary alicyclic amines) is 1. The average Bonchev–Trinajstić information content (AvgIpc) is 3.31. The van der Waals surface area contributed by atoms with E-state index in [1.54, 1.807) is 29.7 Å². The third-order valence-corrected chi connectivity index (χ3v) is 6.54. The SMILES string of the molecule is CN(CCc1ccncc1)C(=O)c1csc(Nc2cccc([C@@H]3CCCN(CC#N)C3)n2)n1. The quantitative estimate of drug-likeness (QED) is 0.511. The van der Waals surface area contributed by atoms with E-state index >= 15 is 0 Å². The fraction of sp³-hybridized carbons (Fsp3) is 0.375. The van der Waals surface area contributed by atoms with Gasteiger partial charge in [-0.1, -0.05) is 6.07 Å². The van der Waals surface area contributed by atoms with Gasteiger partial charge in [0.2, 0.25) is 0 Å². The number of nitrogens with zero attached hydrogens (tertiary/aromatic N) is 6. The molecule has 4 heterocycles. The molecular weight excluding hydrogens is 434 g/mol. The topological polar surface area (TPSA) is 98.0 Å². The zero-order chi connectivity index (χ0) is 23.0. The lowest BCUT2D eigenvalue weighted by Gasteiger charge is -2.30. The molecule has 33 heavy (non-hydrogen) atoms. The summed E-state index contributed by atoms with van der Waals surface area (Å²) in [5, 5.41) is 14.6. The van der Waals surface area contributed by atoms with Gasteiger partial charge in [-0.15, -0.1) is 11.3 Å². The Bertz CT molecular complexity index is 1110. The van der Waals surface area contributed by atoms with Crippen LogP contribution in [-0.4, -0.2) is 63.9 Å². The Hall–Kier alpha value is -3.35. The summed E-state index contributed by atoms with van der Waals surface area (Å²) in [6.45, 7) is 2.89.